The third kappa shape index (κ3) is 5.74. The number of carbonyl (C=O) groups is 1. The summed E-state index contributed by atoms with van der Waals surface area (Å²) in [4.78, 5) is 26.6. The molecular formula is C25H23N7O2. The van der Waals surface area contributed by atoms with Gasteiger partial charge in [0.05, 0.1) is 24.8 Å². The molecule has 0 aliphatic carbocycles. The lowest BCUT2D eigenvalue weighted by molar-refractivity contribution is -0.0760. The van der Waals surface area contributed by atoms with Gasteiger partial charge in [0, 0.05) is 30.6 Å². The number of carbonyl (C=O) groups excluding carboxylic acids is 1. The van der Waals surface area contributed by atoms with Crippen molar-refractivity contribution in [3.8, 4) is 12.1 Å². The number of nitrogens with zero attached hydrogens (tertiary/aromatic N) is 5. The van der Waals surface area contributed by atoms with Crippen LogP contribution in [-0.4, -0.2) is 35.1 Å². The van der Waals surface area contributed by atoms with Gasteiger partial charge in [-0.3, -0.25) is 9.63 Å². The number of nitrogens with one attached hydrogen (secondary N) is 2. The molecule has 0 saturated carbocycles. The van der Waals surface area contributed by atoms with E-state index >= 15 is 0 Å². The van der Waals surface area contributed by atoms with Gasteiger partial charge in [0.1, 0.15) is 11.5 Å². The zero-order valence-corrected chi connectivity index (χ0v) is 19.2. The number of hydrogen-bond donors (Lipinski definition) is 2. The second-order valence-electron chi connectivity index (χ2n) is 7.38. The summed E-state index contributed by atoms with van der Waals surface area (Å²) in [7, 11) is 2.89. The van der Waals surface area contributed by atoms with Crippen LogP contribution in [0.1, 0.15) is 32.7 Å². The lowest BCUT2D eigenvalue weighted by Gasteiger charge is -2.17. The monoisotopic (exact) mass is 453 g/mol. The number of hydrogen-bond acceptors (Lipinski definition) is 8. The molecule has 3 aromatic rings. The molecule has 0 aliphatic heterocycles. The molecule has 0 aliphatic rings. The lowest BCUT2D eigenvalue weighted by Crippen LogP contribution is -2.26. The number of benzene rings is 2. The molecule has 0 fully saturated rings. The minimum Gasteiger partial charge on any atom is -0.340 e. The summed E-state index contributed by atoms with van der Waals surface area (Å²) >= 11 is 0. The van der Waals surface area contributed by atoms with Crippen molar-refractivity contribution in [2.75, 3.05) is 24.8 Å². The Bertz CT molecular complexity index is 1300. The first-order chi connectivity index (χ1) is 16.3. The highest BCUT2D eigenvalue weighted by Crippen LogP contribution is 2.27. The number of aromatic nitrogens is 2. The van der Waals surface area contributed by atoms with E-state index in [0.29, 0.717) is 17.1 Å². The van der Waals surface area contributed by atoms with Crippen LogP contribution in [-0.2, 0) is 4.84 Å². The molecule has 9 heteroatoms. The van der Waals surface area contributed by atoms with Crippen LogP contribution in [0.5, 0.6) is 0 Å². The summed E-state index contributed by atoms with van der Waals surface area (Å²) < 4.78 is 0. The van der Waals surface area contributed by atoms with Gasteiger partial charge in [0.2, 0.25) is 5.95 Å². The summed E-state index contributed by atoms with van der Waals surface area (Å²) in [5, 5.41) is 25.2. The van der Waals surface area contributed by atoms with Gasteiger partial charge in [-0.25, -0.2) is 10.0 Å². The topological polar surface area (TPSA) is 127 Å². The largest absolute Gasteiger partial charge is 0.340 e. The van der Waals surface area contributed by atoms with E-state index in [1.165, 1.54) is 20.2 Å². The zero-order chi connectivity index (χ0) is 24.7. The smallest absolute Gasteiger partial charge is 0.296 e. The molecule has 0 saturated heterocycles. The minimum absolute atomic E-state index is 0.127. The molecule has 1 amide bonds. The van der Waals surface area contributed by atoms with Gasteiger partial charge in [-0.15, -0.1) is 0 Å². The summed E-state index contributed by atoms with van der Waals surface area (Å²) in [6.45, 7) is 3.89. The maximum Gasteiger partial charge on any atom is 0.296 e. The van der Waals surface area contributed by atoms with Gasteiger partial charge in [-0.2, -0.15) is 15.5 Å². The highest BCUT2D eigenvalue weighted by Gasteiger charge is 2.17. The SMILES string of the molecule is CON(C)C(=O)c1cc(Nc2c(C)cc(C=CC#N)cc2C)nc(Nc2ccc(C#N)cc2)n1. The quantitative estimate of drug-likeness (QED) is 0.392. The lowest BCUT2D eigenvalue weighted by atomic mass is 10.0. The molecule has 1 heterocycles. The van der Waals surface area contributed by atoms with Crippen LogP contribution in [0.4, 0.5) is 23.1 Å². The van der Waals surface area contributed by atoms with Crippen molar-refractivity contribution in [1.82, 2.24) is 15.0 Å². The number of allylic oxidation sites excluding steroid dienone is 1. The van der Waals surface area contributed by atoms with E-state index in [-0.39, 0.29) is 11.6 Å². The average molecular weight is 454 g/mol. The molecule has 2 N–H and O–H groups in total. The Kier molecular flexibility index (Phi) is 7.55. The predicted molar refractivity (Wildman–Crippen MR) is 129 cm³/mol. The van der Waals surface area contributed by atoms with Gasteiger partial charge in [0.15, 0.2) is 0 Å². The predicted octanol–water partition coefficient (Wildman–Crippen LogP) is 4.62. The summed E-state index contributed by atoms with van der Waals surface area (Å²) in [6.07, 6.45) is 3.17. The molecule has 2 aromatic carbocycles. The third-order valence-corrected chi connectivity index (χ3v) is 4.93. The molecular weight excluding hydrogens is 430 g/mol. The number of anilines is 4. The van der Waals surface area contributed by atoms with Crippen LogP contribution in [0, 0.1) is 36.5 Å². The number of amides is 1. The third-order valence-electron chi connectivity index (χ3n) is 4.93. The maximum absolute atomic E-state index is 12.7. The van der Waals surface area contributed by atoms with Crippen LogP contribution in [0.15, 0.2) is 48.5 Å². The molecule has 0 bridgehead atoms. The van der Waals surface area contributed by atoms with Crippen LogP contribution in [0.3, 0.4) is 0 Å². The zero-order valence-electron chi connectivity index (χ0n) is 19.2. The first-order valence-electron chi connectivity index (χ1n) is 10.3. The van der Waals surface area contributed by atoms with Gasteiger partial charge < -0.3 is 10.6 Å². The fourth-order valence-electron chi connectivity index (χ4n) is 3.23. The molecule has 9 nitrogen and oxygen atoms in total. The fraction of sp³-hybridized carbons (Fsp3) is 0.160. The Hall–Kier alpha value is -4.73. The number of hydroxylamine groups is 2. The van der Waals surface area contributed by atoms with Crippen molar-refractivity contribution in [2.45, 2.75) is 13.8 Å². The molecule has 34 heavy (non-hydrogen) atoms. The normalized spacial score (nSPS) is 10.4. The van der Waals surface area contributed by atoms with Crippen molar-refractivity contribution in [2.24, 2.45) is 0 Å². The van der Waals surface area contributed by atoms with Gasteiger partial charge >= 0.3 is 0 Å². The Morgan fingerprint density at radius 2 is 1.74 bits per heavy atom. The standard InChI is InChI=1S/C25H23N7O2/c1-16-12-19(6-5-11-26)13-17(2)23(16)30-22-14-21(24(33)32(3)34-4)29-25(31-22)28-20-9-7-18(15-27)8-10-20/h5-10,12-14H,1-4H3,(H2,28,29,30,31). The van der Waals surface area contributed by atoms with E-state index in [2.05, 4.69) is 26.7 Å². The van der Waals surface area contributed by atoms with Crippen molar-refractivity contribution >= 4 is 35.1 Å². The van der Waals surface area contributed by atoms with Crippen molar-refractivity contribution < 1.29 is 9.63 Å². The Labute approximate surface area is 197 Å². The highest BCUT2D eigenvalue weighted by atomic mass is 16.7. The Morgan fingerprint density at radius 1 is 1.06 bits per heavy atom. The first kappa shape index (κ1) is 23.9. The van der Waals surface area contributed by atoms with E-state index in [1.54, 1.807) is 36.4 Å². The molecule has 170 valence electrons. The summed E-state index contributed by atoms with van der Waals surface area (Å²) in [5.41, 5.74) is 4.94. The maximum atomic E-state index is 12.7. The molecule has 0 spiro atoms. The highest BCUT2D eigenvalue weighted by molar-refractivity contribution is 5.92. The van der Waals surface area contributed by atoms with E-state index < -0.39 is 5.91 Å². The van der Waals surface area contributed by atoms with Gasteiger partial charge in [0.25, 0.3) is 5.91 Å². The fourth-order valence-corrected chi connectivity index (χ4v) is 3.23. The van der Waals surface area contributed by atoms with E-state index in [9.17, 15) is 4.79 Å². The van der Waals surface area contributed by atoms with Crippen LogP contribution >= 0.6 is 0 Å². The van der Waals surface area contributed by atoms with Crippen LogP contribution in [0.2, 0.25) is 0 Å². The molecule has 0 radical (unpaired) electrons. The number of aryl methyl sites for hydroxylation is 2. The second-order valence-corrected chi connectivity index (χ2v) is 7.38. The Morgan fingerprint density at radius 3 is 2.32 bits per heavy atom. The molecule has 0 unspecified atom stereocenters. The van der Waals surface area contributed by atoms with Crippen LogP contribution in [0.25, 0.3) is 6.08 Å². The summed E-state index contributed by atoms with van der Waals surface area (Å²) in [6, 6.07) is 16.3. The number of rotatable bonds is 7. The average Bonchev–Trinajstić information content (AvgIpc) is 2.84. The van der Waals surface area contributed by atoms with Gasteiger partial charge in [-0.1, -0.05) is 0 Å². The van der Waals surface area contributed by atoms with E-state index in [0.717, 1.165) is 27.4 Å². The van der Waals surface area contributed by atoms with Crippen molar-refractivity contribution in [3.05, 3.63) is 76.5 Å². The van der Waals surface area contributed by atoms with Crippen molar-refractivity contribution in [3.63, 3.8) is 0 Å². The van der Waals surface area contributed by atoms with Gasteiger partial charge in [-0.05, 0) is 73.0 Å². The van der Waals surface area contributed by atoms with E-state index in [1.807, 2.05) is 32.0 Å². The van der Waals surface area contributed by atoms with Crippen LogP contribution < -0.4 is 10.6 Å². The Balaban J connectivity index is 2.00. The molecule has 0 atom stereocenters. The van der Waals surface area contributed by atoms with Crippen molar-refractivity contribution in [1.29, 1.82) is 10.5 Å². The first-order valence-corrected chi connectivity index (χ1v) is 10.3. The molecule has 3 rings (SSSR count). The minimum atomic E-state index is -0.443. The number of nitriles is 2. The molecule has 1 aromatic heterocycles. The summed E-state index contributed by atoms with van der Waals surface area (Å²) in [5.74, 6) is 0.165. The van der Waals surface area contributed by atoms with E-state index in [4.69, 9.17) is 15.4 Å². The second kappa shape index (κ2) is 10.7.